The number of nitrogens with zero attached hydrogens (tertiary/aromatic N) is 3. The summed E-state index contributed by atoms with van der Waals surface area (Å²) < 4.78 is 7.44. The number of para-hydroxylation sites is 2. The van der Waals surface area contributed by atoms with Crippen molar-refractivity contribution < 1.29 is 14.3 Å². The molecule has 2 heterocycles. The van der Waals surface area contributed by atoms with Crippen LogP contribution >= 0.6 is 0 Å². The normalized spacial score (nSPS) is 14.4. The first-order valence-electron chi connectivity index (χ1n) is 11.7. The zero-order chi connectivity index (χ0) is 22.1. The third-order valence-electron chi connectivity index (χ3n) is 6.12. The molecule has 7 nitrogen and oxygen atoms in total. The van der Waals surface area contributed by atoms with Crippen LogP contribution in [0.4, 0.5) is 0 Å². The number of unbranched alkanes of at least 4 members (excludes halogenated alkanes) is 2. The van der Waals surface area contributed by atoms with E-state index in [2.05, 4.69) is 23.7 Å². The second-order valence-electron chi connectivity index (χ2n) is 8.21. The molecule has 1 N–H and O–H groups in total. The number of benzene rings is 1. The number of fused-ring (bicyclic) bond motifs is 1. The van der Waals surface area contributed by atoms with Crippen LogP contribution in [0.3, 0.4) is 0 Å². The summed E-state index contributed by atoms with van der Waals surface area (Å²) in [6, 6.07) is 8.01. The fourth-order valence-corrected chi connectivity index (χ4v) is 4.14. The minimum Gasteiger partial charge on any atom is -0.378 e. The predicted octanol–water partition coefficient (Wildman–Crippen LogP) is 3.16. The van der Waals surface area contributed by atoms with E-state index in [0.717, 1.165) is 61.9 Å². The number of carbonyl (C=O) groups excluding carboxylic acids is 2. The highest BCUT2D eigenvalue weighted by Crippen LogP contribution is 2.18. The van der Waals surface area contributed by atoms with Crippen molar-refractivity contribution >= 4 is 22.8 Å². The number of aryl methyl sites for hydroxylation is 1. The quantitative estimate of drug-likeness (QED) is 0.558. The summed E-state index contributed by atoms with van der Waals surface area (Å²) in [4.78, 5) is 31.6. The number of hydrogen-bond acceptors (Lipinski definition) is 4. The van der Waals surface area contributed by atoms with E-state index in [0.29, 0.717) is 32.8 Å². The molecule has 1 aliphatic rings. The average molecular weight is 429 g/mol. The molecule has 1 aromatic heterocycles. The molecule has 1 aromatic carbocycles. The fraction of sp³-hybridized carbons (Fsp3) is 0.625. The lowest BCUT2D eigenvalue weighted by Gasteiger charge is -2.27. The Morgan fingerprint density at radius 1 is 1.10 bits per heavy atom. The molecule has 0 bridgehead atoms. The second kappa shape index (κ2) is 11.8. The van der Waals surface area contributed by atoms with Gasteiger partial charge < -0.3 is 19.5 Å². The van der Waals surface area contributed by atoms with Crippen molar-refractivity contribution in [2.24, 2.45) is 5.92 Å². The minimum absolute atomic E-state index is 0.122. The van der Waals surface area contributed by atoms with Gasteiger partial charge in [0.05, 0.1) is 24.2 Å². The molecule has 3 rings (SSSR count). The number of carbonyl (C=O) groups is 2. The Hall–Kier alpha value is -2.41. The van der Waals surface area contributed by atoms with E-state index in [4.69, 9.17) is 9.72 Å². The van der Waals surface area contributed by atoms with Crippen LogP contribution < -0.4 is 5.32 Å². The molecule has 0 spiro atoms. The van der Waals surface area contributed by atoms with Crippen LogP contribution in [-0.2, 0) is 27.3 Å². The highest BCUT2D eigenvalue weighted by Gasteiger charge is 2.20. The first-order chi connectivity index (χ1) is 15.1. The van der Waals surface area contributed by atoms with Crippen molar-refractivity contribution in [1.29, 1.82) is 0 Å². The van der Waals surface area contributed by atoms with E-state index < -0.39 is 0 Å². The Labute approximate surface area is 185 Å². The molecule has 170 valence electrons. The Morgan fingerprint density at radius 2 is 1.84 bits per heavy atom. The molecule has 1 saturated heterocycles. The van der Waals surface area contributed by atoms with Gasteiger partial charge in [-0.3, -0.25) is 9.59 Å². The Morgan fingerprint density at radius 3 is 2.58 bits per heavy atom. The van der Waals surface area contributed by atoms with E-state index in [-0.39, 0.29) is 17.7 Å². The van der Waals surface area contributed by atoms with Gasteiger partial charge in [-0.1, -0.05) is 32.4 Å². The van der Waals surface area contributed by atoms with Crippen LogP contribution in [0, 0.1) is 5.92 Å². The number of rotatable bonds is 11. The van der Waals surface area contributed by atoms with Crippen molar-refractivity contribution in [3.63, 3.8) is 0 Å². The van der Waals surface area contributed by atoms with Crippen molar-refractivity contribution in [2.75, 3.05) is 32.8 Å². The highest BCUT2D eigenvalue weighted by molar-refractivity contribution is 5.81. The second-order valence-corrected chi connectivity index (χ2v) is 8.21. The Balaban J connectivity index is 1.53. The SMILES string of the molecule is CCC(CC)C(=O)NCCCCCc1nc2ccccc2n1CC(=O)N1CCOCC1. The van der Waals surface area contributed by atoms with Gasteiger partial charge in [0.25, 0.3) is 0 Å². The van der Waals surface area contributed by atoms with E-state index in [1.807, 2.05) is 29.2 Å². The van der Waals surface area contributed by atoms with Crippen molar-refractivity contribution in [3.05, 3.63) is 30.1 Å². The molecule has 0 radical (unpaired) electrons. The smallest absolute Gasteiger partial charge is 0.242 e. The lowest BCUT2D eigenvalue weighted by atomic mass is 10.0. The van der Waals surface area contributed by atoms with Gasteiger partial charge in [0.2, 0.25) is 11.8 Å². The zero-order valence-electron chi connectivity index (χ0n) is 18.9. The van der Waals surface area contributed by atoms with Gasteiger partial charge in [0, 0.05) is 32.0 Å². The monoisotopic (exact) mass is 428 g/mol. The molecule has 2 aromatic rings. The fourth-order valence-electron chi connectivity index (χ4n) is 4.14. The Kier molecular flexibility index (Phi) is 8.88. The van der Waals surface area contributed by atoms with Gasteiger partial charge in [-0.2, -0.15) is 0 Å². The molecule has 2 amide bonds. The van der Waals surface area contributed by atoms with Gasteiger partial charge in [-0.15, -0.1) is 0 Å². The summed E-state index contributed by atoms with van der Waals surface area (Å²) in [5.74, 6) is 1.39. The highest BCUT2D eigenvalue weighted by atomic mass is 16.5. The van der Waals surface area contributed by atoms with Gasteiger partial charge in [0.15, 0.2) is 0 Å². The summed E-state index contributed by atoms with van der Waals surface area (Å²) in [6.07, 6.45) is 5.56. The first-order valence-corrected chi connectivity index (χ1v) is 11.7. The number of aromatic nitrogens is 2. The third-order valence-corrected chi connectivity index (χ3v) is 6.12. The van der Waals surface area contributed by atoms with E-state index in [9.17, 15) is 9.59 Å². The van der Waals surface area contributed by atoms with Crippen LogP contribution in [0.1, 0.15) is 51.8 Å². The number of amides is 2. The lowest BCUT2D eigenvalue weighted by molar-refractivity contribution is -0.135. The maximum atomic E-state index is 12.8. The lowest BCUT2D eigenvalue weighted by Crippen LogP contribution is -2.42. The molecule has 1 fully saturated rings. The van der Waals surface area contributed by atoms with E-state index in [1.165, 1.54) is 0 Å². The zero-order valence-corrected chi connectivity index (χ0v) is 18.9. The van der Waals surface area contributed by atoms with Crippen molar-refractivity contribution in [2.45, 2.75) is 58.9 Å². The van der Waals surface area contributed by atoms with Gasteiger partial charge in [0.1, 0.15) is 12.4 Å². The number of hydrogen-bond donors (Lipinski definition) is 1. The van der Waals surface area contributed by atoms with Crippen LogP contribution in [0.25, 0.3) is 11.0 Å². The maximum Gasteiger partial charge on any atom is 0.242 e. The van der Waals surface area contributed by atoms with E-state index >= 15 is 0 Å². The average Bonchev–Trinajstić information content (AvgIpc) is 3.14. The standard InChI is InChI=1S/C24H36N4O3/c1-3-19(4-2)24(30)25-13-9-5-6-12-22-26-20-10-7-8-11-21(20)28(22)18-23(29)27-14-16-31-17-15-27/h7-8,10-11,19H,3-6,9,12-18H2,1-2H3,(H,25,30). The first kappa shape index (κ1) is 23.3. The molecule has 1 aliphatic heterocycles. The minimum atomic E-state index is 0.122. The number of morpholine rings is 1. The summed E-state index contributed by atoms with van der Waals surface area (Å²) in [7, 11) is 0. The van der Waals surface area contributed by atoms with Crippen LogP contribution in [-0.4, -0.2) is 59.1 Å². The molecule has 0 aliphatic carbocycles. The molecule has 31 heavy (non-hydrogen) atoms. The predicted molar refractivity (Wildman–Crippen MR) is 122 cm³/mol. The largest absolute Gasteiger partial charge is 0.378 e. The third kappa shape index (κ3) is 6.29. The summed E-state index contributed by atoms with van der Waals surface area (Å²) in [5, 5.41) is 3.06. The Bertz CT molecular complexity index is 854. The van der Waals surface area contributed by atoms with Crippen LogP contribution in [0.5, 0.6) is 0 Å². The van der Waals surface area contributed by atoms with Gasteiger partial charge in [-0.05, 0) is 37.8 Å². The summed E-state index contributed by atoms with van der Waals surface area (Å²) in [5.41, 5.74) is 1.95. The molecule has 7 heteroatoms. The maximum absolute atomic E-state index is 12.8. The van der Waals surface area contributed by atoms with Crippen molar-refractivity contribution in [1.82, 2.24) is 19.8 Å². The van der Waals surface area contributed by atoms with E-state index in [1.54, 1.807) is 0 Å². The van der Waals surface area contributed by atoms with Crippen LogP contribution in [0.2, 0.25) is 0 Å². The summed E-state index contributed by atoms with van der Waals surface area (Å²) >= 11 is 0. The van der Waals surface area contributed by atoms with Crippen LogP contribution in [0.15, 0.2) is 24.3 Å². The molecular weight excluding hydrogens is 392 g/mol. The molecule has 0 unspecified atom stereocenters. The molecular formula is C24H36N4O3. The topological polar surface area (TPSA) is 76.5 Å². The number of ether oxygens (including phenoxy) is 1. The van der Waals surface area contributed by atoms with Gasteiger partial charge >= 0.3 is 0 Å². The van der Waals surface area contributed by atoms with Gasteiger partial charge in [-0.25, -0.2) is 4.98 Å². The number of imidazole rings is 1. The van der Waals surface area contributed by atoms with Crippen molar-refractivity contribution in [3.8, 4) is 0 Å². The molecule has 0 atom stereocenters. The molecule has 0 saturated carbocycles. The summed E-state index contributed by atoms with van der Waals surface area (Å²) in [6.45, 7) is 7.69. The number of nitrogens with one attached hydrogen (secondary N) is 1.